The summed E-state index contributed by atoms with van der Waals surface area (Å²) in [5.74, 6) is 0. The van der Waals surface area contributed by atoms with Crippen LogP contribution in [0.15, 0.2) is 0 Å². The number of hydrogen-bond donors (Lipinski definition) is 1. The molecular formula is C13H27O2. The zero-order chi connectivity index (χ0) is 11.4. The fraction of sp³-hybridized carbons (Fsp3) is 0.923. The summed E-state index contributed by atoms with van der Waals surface area (Å²) in [4.78, 5) is 0. The third-order valence-corrected chi connectivity index (χ3v) is 2.45. The van der Waals surface area contributed by atoms with Crippen molar-refractivity contribution in [3.63, 3.8) is 0 Å². The molecule has 0 rings (SSSR count). The molecule has 91 valence electrons. The molecule has 15 heavy (non-hydrogen) atoms. The lowest BCUT2D eigenvalue weighted by molar-refractivity contribution is 0.0564. The van der Waals surface area contributed by atoms with Gasteiger partial charge in [-0.05, 0) is 13.3 Å². The van der Waals surface area contributed by atoms with Crippen LogP contribution in [0, 0.1) is 6.92 Å². The largest absolute Gasteiger partial charge is 0.391 e. The monoisotopic (exact) mass is 215 g/mol. The molecule has 0 spiro atoms. The van der Waals surface area contributed by atoms with E-state index < -0.39 is 6.10 Å². The van der Waals surface area contributed by atoms with Gasteiger partial charge in [-0.15, -0.1) is 0 Å². The molecular weight excluding hydrogens is 188 g/mol. The van der Waals surface area contributed by atoms with Gasteiger partial charge >= 0.3 is 0 Å². The van der Waals surface area contributed by atoms with Gasteiger partial charge in [-0.3, -0.25) is 0 Å². The fourth-order valence-electron chi connectivity index (χ4n) is 1.56. The van der Waals surface area contributed by atoms with Crippen LogP contribution in [0.4, 0.5) is 0 Å². The van der Waals surface area contributed by atoms with Crippen molar-refractivity contribution < 1.29 is 9.84 Å². The van der Waals surface area contributed by atoms with Gasteiger partial charge in [0.2, 0.25) is 0 Å². The van der Waals surface area contributed by atoms with E-state index in [2.05, 4.69) is 13.8 Å². The maximum absolute atomic E-state index is 8.84. The Labute approximate surface area is 95.0 Å². The molecule has 1 radical (unpaired) electrons. The third kappa shape index (κ3) is 13.9. The van der Waals surface area contributed by atoms with Crippen molar-refractivity contribution in [3.05, 3.63) is 6.92 Å². The number of aliphatic hydroxyl groups excluding tert-OH is 1. The Kier molecular flexibility index (Phi) is 11.9. The van der Waals surface area contributed by atoms with Gasteiger partial charge in [-0.2, -0.15) is 0 Å². The van der Waals surface area contributed by atoms with Crippen molar-refractivity contribution in [2.24, 2.45) is 0 Å². The molecule has 0 saturated carbocycles. The van der Waals surface area contributed by atoms with Crippen LogP contribution in [0.2, 0.25) is 0 Å². The summed E-state index contributed by atoms with van der Waals surface area (Å²) >= 11 is 0. The van der Waals surface area contributed by atoms with Crippen molar-refractivity contribution >= 4 is 0 Å². The number of aliphatic hydroxyl groups is 1. The second-order valence-corrected chi connectivity index (χ2v) is 4.20. The van der Waals surface area contributed by atoms with Crippen molar-refractivity contribution in [2.45, 2.75) is 64.4 Å². The summed E-state index contributed by atoms with van der Waals surface area (Å²) in [6.45, 7) is 6.83. The lowest BCUT2D eigenvalue weighted by Crippen LogP contribution is -2.11. The summed E-state index contributed by atoms with van der Waals surface area (Å²) in [7, 11) is 0. The van der Waals surface area contributed by atoms with Crippen molar-refractivity contribution in [2.75, 3.05) is 13.2 Å². The lowest BCUT2D eigenvalue weighted by Gasteiger charge is -2.05. The highest BCUT2D eigenvalue weighted by Crippen LogP contribution is 2.08. The van der Waals surface area contributed by atoms with Crippen molar-refractivity contribution in [3.8, 4) is 0 Å². The van der Waals surface area contributed by atoms with Gasteiger partial charge in [0.1, 0.15) is 0 Å². The predicted octanol–water partition coefficient (Wildman–Crippen LogP) is 3.34. The highest BCUT2D eigenvalue weighted by molar-refractivity contribution is 4.53. The Bertz CT molecular complexity index is 113. The molecule has 0 aromatic rings. The zero-order valence-corrected chi connectivity index (χ0v) is 10.2. The van der Waals surface area contributed by atoms with Gasteiger partial charge < -0.3 is 9.84 Å². The molecule has 0 aromatic carbocycles. The summed E-state index contributed by atoms with van der Waals surface area (Å²) in [5.41, 5.74) is 0. The summed E-state index contributed by atoms with van der Waals surface area (Å²) in [5, 5.41) is 8.84. The van der Waals surface area contributed by atoms with E-state index in [-0.39, 0.29) is 0 Å². The van der Waals surface area contributed by atoms with Gasteiger partial charge in [0.05, 0.1) is 12.7 Å². The van der Waals surface area contributed by atoms with Gasteiger partial charge in [0.25, 0.3) is 0 Å². The number of hydrogen-bond acceptors (Lipinski definition) is 2. The van der Waals surface area contributed by atoms with Crippen LogP contribution in [-0.2, 0) is 4.74 Å². The average Bonchev–Trinajstić information content (AvgIpc) is 2.20. The van der Waals surface area contributed by atoms with E-state index in [0.29, 0.717) is 6.61 Å². The van der Waals surface area contributed by atoms with Crippen LogP contribution in [-0.4, -0.2) is 24.4 Å². The average molecular weight is 215 g/mol. The molecule has 0 bridgehead atoms. The van der Waals surface area contributed by atoms with E-state index in [1.54, 1.807) is 0 Å². The SMILES string of the molecule is [CH2]C(O)COCCCCCCCCCC. The quantitative estimate of drug-likeness (QED) is 0.536. The van der Waals surface area contributed by atoms with E-state index in [9.17, 15) is 0 Å². The Balaban J connectivity index is 2.87. The standard InChI is InChI=1S/C13H27O2/c1-3-4-5-6-7-8-9-10-11-15-12-13(2)14/h13-14H,2-12H2,1H3. The molecule has 0 aliphatic carbocycles. The van der Waals surface area contributed by atoms with E-state index in [4.69, 9.17) is 9.84 Å². The lowest BCUT2D eigenvalue weighted by atomic mass is 10.1. The van der Waals surface area contributed by atoms with Gasteiger partial charge in [-0.1, -0.05) is 51.9 Å². The van der Waals surface area contributed by atoms with E-state index >= 15 is 0 Å². The van der Waals surface area contributed by atoms with Gasteiger partial charge in [0, 0.05) is 6.61 Å². The van der Waals surface area contributed by atoms with Crippen LogP contribution < -0.4 is 0 Å². The molecule has 1 atom stereocenters. The number of unbranched alkanes of at least 4 members (excludes halogenated alkanes) is 7. The maximum Gasteiger partial charge on any atom is 0.0774 e. The van der Waals surface area contributed by atoms with Crippen LogP contribution in [0.3, 0.4) is 0 Å². The first kappa shape index (κ1) is 14.9. The highest BCUT2D eigenvalue weighted by atomic mass is 16.5. The molecule has 0 aliphatic heterocycles. The molecule has 2 nitrogen and oxygen atoms in total. The van der Waals surface area contributed by atoms with Crippen LogP contribution in [0.25, 0.3) is 0 Å². The van der Waals surface area contributed by atoms with E-state index in [1.807, 2.05) is 0 Å². The van der Waals surface area contributed by atoms with Crippen LogP contribution >= 0.6 is 0 Å². The minimum Gasteiger partial charge on any atom is -0.391 e. The second kappa shape index (κ2) is 12.0. The minimum absolute atomic E-state index is 0.372. The smallest absolute Gasteiger partial charge is 0.0774 e. The van der Waals surface area contributed by atoms with Crippen molar-refractivity contribution in [1.29, 1.82) is 0 Å². The Morgan fingerprint density at radius 1 is 1.00 bits per heavy atom. The summed E-state index contributed by atoms with van der Waals surface area (Å²) in [6, 6.07) is 0. The molecule has 0 heterocycles. The van der Waals surface area contributed by atoms with Gasteiger partial charge in [0.15, 0.2) is 0 Å². The molecule has 0 amide bonds. The Morgan fingerprint density at radius 3 is 2.07 bits per heavy atom. The summed E-state index contributed by atoms with van der Waals surface area (Å²) < 4.78 is 5.23. The fourth-order valence-corrected chi connectivity index (χ4v) is 1.56. The van der Waals surface area contributed by atoms with E-state index in [0.717, 1.165) is 13.0 Å². The first-order valence-corrected chi connectivity index (χ1v) is 6.36. The zero-order valence-electron chi connectivity index (χ0n) is 10.2. The number of rotatable bonds is 11. The Hall–Kier alpha value is -0.0800. The molecule has 0 saturated heterocycles. The molecule has 0 aromatic heterocycles. The Morgan fingerprint density at radius 2 is 1.53 bits per heavy atom. The molecule has 0 aliphatic rings. The molecule has 2 heteroatoms. The van der Waals surface area contributed by atoms with E-state index in [1.165, 1.54) is 44.9 Å². The molecule has 0 fully saturated rings. The van der Waals surface area contributed by atoms with Crippen molar-refractivity contribution in [1.82, 2.24) is 0 Å². The third-order valence-electron chi connectivity index (χ3n) is 2.45. The minimum atomic E-state index is -0.570. The summed E-state index contributed by atoms with van der Waals surface area (Å²) in [6.07, 6.45) is 9.94. The van der Waals surface area contributed by atoms with Crippen LogP contribution in [0.5, 0.6) is 0 Å². The first-order chi connectivity index (χ1) is 7.27. The second-order valence-electron chi connectivity index (χ2n) is 4.20. The number of ether oxygens (including phenoxy) is 1. The predicted molar refractivity (Wildman–Crippen MR) is 64.8 cm³/mol. The van der Waals surface area contributed by atoms with Gasteiger partial charge in [-0.25, -0.2) is 0 Å². The molecule has 1 unspecified atom stereocenters. The normalized spacial score (nSPS) is 13.0. The highest BCUT2D eigenvalue weighted by Gasteiger charge is 1.95. The first-order valence-electron chi connectivity index (χ1n) is 6.36. The molecule has 1 N–H and O–H groups in total. The maximum atomic E-state index is 8.84. The van der Waals surface area contributed by atoms with Crippen LogP contribution in [0.1, 0.15) is 58.3 Å². The topological polar surface area (TPSA) is 29.5 Å².